The molecule has 1 fully saturated rings. The normalized spacial score (nSPS) is 15.5. The molecule has 0 bridgehead atoms. The summed E-state index contributed by atoms with van der Waals surface area (Å²) in [6.07, 6.45) is 2.29. The Morgan fingerprint density at radius 3 is 2.46 bits per heavy atom. The predicted octanol–water partition coefficient (Wildman–Crippen LogP) is 3.14. The maximum atomic E-state index is 12.2. The number of carbonyl (C=O) groups is 2. The number of piperidine rings is 1. The minimum atomic E-state index is -0.485. The summed E-state index contributed by atoms with van der Waals surface area (Å²) in [6.45, 7) is 6.79. The van der Waals surface area contributed by atoms with Crippen LogP contribution < -0.4 is 10.1 Å². The van der Waals surface area contributed by atoms with Gasteiger partial charge < -0.3 is 19.7 Å². The molecular formula is C20H30N2O4. The van der Waals surface area contributed by atoms with E-state index in [0.717, 1.165) is 24.2 Å². The van der Waals surface area contributed by atoms with Crippen molar-refractivity contribution in [1.29, 1.82) is 0 Å². The van der Waals surface area contributed by atoms with Gasteiger partial charge in [0, 0.05) is 25.6 Å². The Morgan fingerprint density at radius 2 is 1.85 bits per heavy atom. The molecule has 6 nitrogen and oxygen atoms in total. The third-order valence-corrected chi connectivity index (χ3v) is 4.33. The number of hydrogen-bond acceptors (Lipinski definition) is 4. The lowest BCUT2D eigenvalue weighted by molar-refractivity contribution is -0.122. The van der Waals surface area contributed by atoms with Gasteiger partial charge in [-0.3, -0.25) is 4.79 Å². The molecule has 0 radical (unpaired) electrons. The summed E-state index contributed by atoms with van der Waals surface area (Å²) >= 11 is 0. The van der Waals surface area contributed by atoms with Gasteiger partial charge in [0.15, 0.2) is 0 Å². The lowest BCUT2D eigenvalue weighted by atomic mass is 10.0. The van der Waals surface area contributed by atoms with Crippen molar-refractivity contribution in [2.24, 2.45) is 0 Å². The average molecular weight is 362 g/mol. The molecule has 0 unspecified atom stereocenters. The van der Waals surface area contributed by atoms with E-state index in [0.29, 0.717) is 25.9 Å². The molecule has 2 amide bonds. The van der Waals surface area contributed by atoms with E-state index in [-0.39, 0.29) is 18.0 Å². The van der Waals surface area contributed by atoms with Gasteiger partial charge in [0.05, 0.1) is 7.11 Å². The predicted molar refractivity (Wildman–Crippen MR) is 100 cm³/mol. The molecule has 1 aromatic rings. The Hall–Kier alpha value is -2.24. The number of amides is 2. The van der Waals surface area contributed by atoms with Crippen LogP contribution in [0.2, 0.25) is 0 Å². The third kappa shape index (κ3) is 6.24. The molecule has 0 aromatic heterocycles. The van der Waals surface area contributed by atoms with E-state index in [2.05, 4.69) is 5.32 Å². The van der Waals surface area contributed by atoms with Crippen molar-refractivity contribution in [2.45, 2.75) is 58.1 Å². The first kappa shape index (κ1) is 20.1. The highest BCUT2D eigenvalue weighted by molar-refractivity contribution is 5.76. The van der Waals surface area contributed by atoms with Crippen molar-refractivity contribution in [1.82, 2.24) is 10.2 Å². The van der Waals surface area contributed by atoms with Crippen LogP contribution in [-0.2, 0) is 16.0 Å². The van der Waals surface area contributed by atoms with Crippen LogP contribution in [0.3, 0.4) is 0 Å². The zero-order valence-electron chi connectivity index (χ0n) is 16.2. The van der Waals surface area contributed by atoms with Crippen LogP contribution in [0.25, 0.3) is 0 Å². The molecule has 1 N–H and O–H groups in total. The van der Waals surface area contributed by atoms with Gasteiger partial charge in [-0.1, -0.05) is 18.2 Å². The number of nitrogens with one attached hydrogen (secondary N) is 1. The fourth-order valence-electron chi connectivity index (χ4n) is 2.99. The minimum Gasteiger partial charge on any atom is -0.496 e. The van der Waals surface area contributed by atoms with Crippen molar-refractivity contribution in [3.8, 4) is 5.75 Å². The monoisotopic (exact) mass is 362 g/mol. The number of ether oxygens (including phenoxy) is 2. The van der Waals surface area contributed by atoms with Crippen molar-refractivity contribution in [2.75, 3.05) is 20.2 Å². The van der Waals surface area contributed by atoms with Crippen molar-refractivity contribution in [3.63, 3.8) is 0 Å². The van der Waals surface area contributed by atoms with Crippen LogP contribution >= 0.6 is 0 Å². The second kappa shape index (κ2) is 8.92. The maximum Gasteiger partial charge on any atom is 0.410 e. The van der Waals surface area contributed by atoms with Gasteiger partial charge in [-0.2, -0.15) is 0 Å². The molecule has 1 aromatic carbocycles. The highest BCUT2D eigenvalue weighted by Gasteiger charge is 2.27. The van der Waals surface area contributed by atoms with E-state index >= 15 is 0 Å². The number of rotatable bonds is 5. The van der Waals surface area contributed by atoms with Crippen LogP contribution in [0.1, 0.15) is 45.6 Å². The van der Waals surface area contributed by atoms with Crippen LogP contribution in [0.15, 0.2) is 24.3 Å². The maximum absolute atomic E-state index is 12.2. The van der Waals surface area contributed by atoms with Crippen LogP contribution in [0.5, 0.6) is 5.75 Å². The number of methoxy groups -OCH3 is 1. The Bertz CT molecular complexity index is 616. The molecular weight excluding hydrogens is 332 g/mol. The first-order valence-corrected chi connectivity index (χ1v) is 9.17. The largest absolute Gasteiger partial charge is 0.496 e. The first-order chi connectivity index (χ1) is 12.3. The molecule has 2 rings (SSSR count). The van der Waals surface area contributed by atoms with E-state index in [1.807, 2.05) is 45.0 Å². The first-order valence-electron chi connectivity index (χ1n) is 9.17. The van der Waals surface area contributed by atoms with Crippen LogP contribution in [0, 0.1) is 0 Å². The molecule has 1 aliphatic rings. The third-order valence-electron chi connectivity index (χ3n) is 4.33. The van der Waals surface area contributed by atoms with E-state index in [1.165, 1.54) is 0 Å². The summed E-state index contributed by atoms with van der Waals surface area (Å²) in [5.41, 5.74) is 0.547. The Morgan fingerprint density at radius 1 is 1.19 bits per heavy atom. The van der Waals surface area contributed by atoms with Crippen molar-refractivity contribution < 1.29 is 19.1 Å². The number of likely N-dealkylation sites (tertiary alicyclic amines) is 1. The standard InChI is InChI=1S/C20H30N2O4/c1-20(2,3)26-19(24)22-13-11-16(12-14-22)21-18(23)10-9-15-7-5-6-8-17(15)25-4/h5-8,16H,9-14H2,1-4H3,(H,21,23). The van der Waals surface area contributed by atoms with E-state index in [1.54, 1.807) is 12.0 Å². The molecule has 0 spiro atoms. The number of para-hydroxylation sites is 1. The summed E-state index contributed by atoms with van der Waals surface area (Å²) in [5, 5.41) is 3.08. The Labute approximate surface area is 155 Å². The summed E-state index contributed by atoms with van der Waals surface area (Å²) < 4.78 is 10.7. The fraction of sp³-hybridized carbons (Fsp3) is 0.600. The quantitative estimate of drug-likeness (QED) is 0.874. The number of nitrogens with zero attached hydrogens (tertiary/aromatic N) is 1. The summed E-state index contributed by atoms with van der Waals surface area (Å²) in [4.78, 5) is 26.0. The second-order valence-corrected chi connectivity index (χ2v) is 7.62. The Balaban J connectivity index is 1.73. The van der Waals surface area contributed by atoms with Gasteiger partial charge in [0.25, 0.3) is 0 Å². The molecule has 1 saturated heterocycles. The van der Waals surface area contributed by atoms with Gasteiger partial charge in [0.2, 0.25) is 5.91 Å². The highest BCUT2D eigenvalue weighted by atomic mass is 16.6. The summed E-state index contributed by atoms with van der Waals surface area (Å²) in [7, 11) is 1.64. The van der Waals surface area contributed by atoms with Crippen molar-refractivity contribution in [3.05, 3.63) is 29.8 Å². The smallest absolute Gasteiger partial charge is 0.410 e. The van der Waals surface area contributed by atoms with Gasteiger partial charge in [-0.15, -0.1) is 0 Å². The molecule has 0 atom stereocenters. The zero-order valence-corrected chi connectivity index (χ0v) is 16.2. The van der Waals surface area contributed by atoms with E-state index < -0.39 is 5.60 Å². The summed E-state index contributed by atoms with van der Waals surface area (Å²) in [6, 6.07) is 7.85. The van der Waals surface area contributed by atoms with Gasteiger partial charge >= 0.3 is 6.09 Å². The zero-order chi connectivity index (χ0) is 19.2. The van der Waals surface area contributed by atoms with Gasteiger partial charge in [0.1, 0.15) is 11.4 Å². The van der Waals surface area contributed by atoms with Crippen molar-refractivity contribution >= 4 is 12.0 Å². The van der Waals surface area contributed by atoms with Crippen LogP contribution in [-0.4, -0.2) is 48.7 Å². The molecule has 6 heteroatoms. The number of benzene rings is 1. The molecule has 1 heterocycles. The topological polar surface area (TPSA) is 67.9 Å². The highest BCUT2D eigenvalue weighted by Crippen LogP contribution is 2.19. The molecule has 1 aliphatic heterocycles. The van der Waals surface area contributed by atoms with E-state index in [9.17, 15) is 9.59 Å². The lowest BCUT2D eigenvalue weighted by Gasteiger charge is -2.33. The van der Waals surface area contributed by atoms with Gasteiger partial charge in [-0.05, 0) is 51.7 Å². The number of hydrogen-bond donors (Lipinski definition) is 1. The average Bonchev–Trinajstić information content (AvgIpc) is 2.59. The van der Waals surface area contributed by atoms with E-state index in [4.69, 9.17) is 9.47 Å². The number of carbonyl (C=O) groups excluding carboxylic acids is 2. The molecule has 144 valence electrons. The second-order valence-electron chi connectivity index (χ2n) is 7.62. The molecule has 0 aliphatic carbocycles. The summed E-state index contributed by atoms with van der Waals surface area (Å²) in [5.74, 6) is 0.845. The number of aryl methyl sites for hydroxylation is 1. The SMILES string of the molecule is COc1ccccc1CCC(=O)NC1CCN(C(=O)OC(C)(C)C)CC1. The molecule has 0 saturated carbocycles. The molecule has 26 heavy (non-hydrogen) atoms. The van der Waals surface area contributed by atoms with Gasteiger partial charge in [-0.25, -0.2) is 4.79 Å². The lowest BCUT2D eigenvalue weighted by Crippen LogP contribution is -2.47. The fourth-order valence-corrected chi connectivity index (χ4v) is 2.99. The van der Waals surface area contributed by atoms with Crippen LogP contribution in [0.4, 0.5) is 4.79 Å². The Kier molecular flexibility index (Phi) is 6.89. The minimum absolute atomic E-state index is 0.0339.